The third kappa shape index (κ3) is 4.96. The highest BCUT2D eigenvalue weighted by molar-refractivity contribution is 6.33. The molecule has 0 radical (unpaired) electrons. The van der Waals surface area contributed by atoms with Crippen LogP contribution in [0.25, 0.3) is 11.3 Å². The number of rotatable bonds is 7. The number of carbonyl (C=O) groups excluding carboxylic acids is 1. The first-order valence-electron chi connectivity index (χ1n) is 9.28. The highest BCUT2D eigenvalue weighted by atomic mass is 35.5. The molecule has 2 N–H and O–H groups in total. The number of amides is 1. The Labute approximate surface area is 179 Å². The second-order valence-electron chi connectivity index (χ2n) is 6.76. The fourth-order valence-corrected chi connectivity index (χ4v) is 3.27. The van der Waals surface area contributed by atoms with Crippen molar-refractivity contribution < 1.29 is 19.4 Å². The molecule has 30 heavy (non-hydrogen) atoms. The fraction of sp³-hybridized carbons (Fsp3) is 0.174. The molecule has 0 spiro atoms. The Morgan fingerprint density at radius 3 is 2.43 bits per heavy atom. The van der Waals surface area contributed by atoms with Crippen molar-refractivity contribution in [2.75, 3.05) is 7.11 Å². The van der Waals surface area contributed by atoms with E-state index >= 15 is 0 Å². The van der Waals surface area contributed by atoms with Gasteiger partial charge in [-0.25, -0.2) is 4.98 Å². The van der Waals surface area contributed by atoms with E-state index in [-0.39, 0.29) is 12.1 Å². The van der Waals surface area contributed by atoms with Gasteiger partial charge in [0.2, 0.25) is 0 Å². The number of methoxy groups -OCH3 is 1. The Bertz CT molecular complexity index is 1070. The molecule has 1 heterocycles. The Hall–Kier alpha value is -3.38. The van der Waals surface area contributed by atoms with Crippen LogP contribution in [0.2, 0.25) is 5.02 Å². The molecule has 1 aromatic heterocycles. The Morgan fingerprint density at radius 1 is 1.10 bits per heavy atom. The number of aromatic nitrogens is 1. The highest BCUT2D eigenvalue weighted by Gasteiger charge is 2.21. The number of nitrogens with zero attached hydrogens (tertiary/aromatic N) is 1. The van der Waals surface area contributed by atoms with Crippen molar-refractivity contribution in [3.63, 3.8) is 0 Å². The first-order valence-corrected chi connectivity index (χ1v) is 9.66. The van der Waals surface area contributed by atoms with Gasteiger partial charge in [0.05, 0.1) is 24.6 Å². The van der Waals surface area contributed by atoms with E-state index in [0.29, 0.717) is 27.6 Å². The Kier molecular flexibility index (Phi) is 6.69. The lowest BCUT2D eigenvalue weighted by Gasteiger charge is -2.18. The lowest BCUT2D eigenvalue weighted by molar-refractivity contribution is -0.137. The van der Waals surface area contributed by atoms with Gasteiger partial charge in [-0.15, -0.1) is 0 Å². The molecule has 0 aliphatic heterocycles. The third-order valence-corrected chi connectivity index (χ3v) is 4.93. The zero-order valence-corrected chi connectivity index (χ0v) is 17.3. The molecule has 7 heteroatoms. The van der Waals surface area contributed by atoms with Crippen molar-refractivity contribution in [3.8, 4) is 17.0 Å². The number of hydrogen-bond donors (Lipinski definition) is 2. The number of benzene rings is 2. The molecule has 3 aromatic rings. The van der Waals surface area contributed by atoms with Gasteiger partial charge < -0.3 is 15.2 Å². The summed E-state index contributed by atoms with van der Waals surface area (Å²) < 4.78 is 5.37. The van der Waals surface area contributed by atoms with Crippen LogP contribution in [-0.2, 0) is 4.79 Å². The highest BCUT2D eigenvalue weighted by Crippen LogP contribution is 2.33. The van der Waals surface area contributed by atoms with Crippen LogP contribution < -0.4 is 10.1 Å². The Balaban J connectivity index is 1.93. The maximum Gasteiger partial charge on any atom is 0.305 e. The molecule has 0 fully saturated rings. The molecular weight excluding hydrogens is 404 g/mol. The minimum Gasteiger partial charge on any atom is -0.494 e. The number of ether oxygens (including phenoxy) is 1. The van der Waals surface area contributed by atoms with E-state index in [1.165, 1.54) is 13.2 Å². The van der Waals surface area contributed by atoms with Crippen LogP contribution in [-0.4, -0.2) is 29.1 Å². The average Bonchev–Trinajstić information content (AvgIpc) is 2.73. The molecule has 0 aliphatic carbocycles. The predicted octanol–water partition coefficient (Wildman–Crippen LogP) is 4.66. The summed E-state index contributed by atoms with van der Waals surface area (Å²) in [5.74, 6) is -1.03. The Morgan fingerprint density at radius 2 is 1.80 bits per heavy atom. The standard InChI is InChI=1S/C23H21ClN2O4/c1-14-7-9-15(10-8-14)19(13-21(27)28)26-23(29)18-11-12-20(30-2)22(25-18)16-5-3-4-6-17(16)24/h3-12,19H,13H2,1-2H3,(H,26,29)(H,27,28)/t19-/m0/s1. The minimum absolute atomic E-state index is 0.133. The number of carboxylic acids is 1. The van der Waals surface area contributed by atoms with E-state index in [1.807, 2.05) is 25.1 Å². The van der Waals surface area contributed by atoms with Crippen LogP contribution in [0.3, 0.4) is 0 Å². The van der Waals surface area contributed by atoms with Crippen molar-refractivity contribution >= 4 is 23.5 Å². The van der Waals surface area contributed by atoms with E-state index in [2.05, 4.69) is 10.3 Å². The number of hydrogen-bond acceptors (Lipinski definition) is 4. The van der Waals surface area contributed by atoms with Crippen molar-refractivity contribution in [2.24, 2.45) is 0 Å². The summed E-state index contributed by atoms with van der Waals surface area (Å²) in [5.41, 5.74) is 2.94. The van der Waals surface area contributed by atoms with Crippen molar-refractivity contribution in [1.82, 2.24) is 10.3 Å². The summed E-state index contributed by atoms with van der Waals surface area (Å²) in [6.07, 6.45) is -0.248. The number of aryl methyl sites for hydroxylation is 1. The van der Waals surface area contributed by atoms with E-state index in [9.17, 15) is 14.7 Å². The van der Waals surface area contributed by atoms with Gasteiger partial charge in [-0.2, -0.15) is 0 Å². The largest absolute Gasteiger partial charge is 0.494 e. The molecule has 0 bridgehead atoms. The van der Waals surface area contributed by atoms with Crippen LogP contribution in [0, 0.1) is 6.92 Å². The topological polar surface area (TPSA) is 88.5 Å². The smallest absolute Gasteiger partial charge is 0.305 e. The second-order valence-corrected chi connectivity index (χ2v) is 7.17. The number of halogens is 1. The molecule has 0 aliphatic rings. The number of aliphatic carboxylic acids is 1. The van der Waals surface area contributed by atoms with Gasteiger partial charge in [-0.3, -0.25) is 9.59 Å². The van der Waals surface area contributed by atoms with Gasteiger partial charge >= 0.3 is 5.97 Å². The summed E-state index contributed by atoms with van der Waals surface area (Å²) in [5, 5.41) is 12.5. The molecule has 1 atom stereocenters. The fourth-order valence-electron chi connectivity index (χ4n) is 3.04. The number of nitrogens with one attached hydrogen (secondary N) is 1. The molecule has 2 aromatic carbocycles. The summed E-state index contributed by atoms with van der Waals surface area (Å²) in [4.78, 5) is 28.7. The van der Waals surface area contributed by atoms with Crippen molar-refractivity contribution in [3.05, 3.63) is 82.5 Å². The molecular formula is C23H21ClN2O4. The predicted molar refractivity (Wildman–Crippen MR) is 115 cm³/mol. The first-order chi connectivity index (χ1) is 14.4. The van der Waals surface area contributed by atoms with Gasteiger partial charge in [0.1, 0.15) is 17.1 Å². The summed E-state index contributed by atoms with van der Waals surface area (Å²) >= 11 is 6.29. The summed E-state index contributed by atoms with van der Waals surface area (Å²) in [6, 6.07) is 17.0. The van der Waals surface area contributed by atoms with Gasteiger partial charge in [0.25, 0.3) is 5.91 Å². The number of pyridine rings is 1. The van der Waals surface area contributed by atoms with Gasteiger partial charge in [-0.05, 0) is 30.7 Å². The lowest BCUT2D eigenvalue weighted by Crippen LogP contribution is -2.31. The van der Waals surface area contributed by atoms with Gasteiger partial charge in [0.15, 0.2) is 0 Å². The van der Waals surface area contributed by atoms with Crippen LogP contribution >= 0.6 is 11.6 Å². The van der Waals surface area contributed by atoms with E-state index in [0.717, 1.165) is 5.56 Å². The SMILES string of the molecule is COc1ccc(C(=O)N[C@@H](CC(=O)O)c2ccc(C)cc2)nc1-c1ccccc1Cl. The third-order valence-electron chi connectivity index (χ3n) is 4.60. The second kappa shape index (κ2) is 9.41. The molecule has 0 saturated heterocycles. The molecule has 3 rings (SSSR count). The van der Waals surface area contributed by atoms with Crippen molar-refractivity contribution in [2.45, 2.75) is 19.4 Å². The zero-order chi connectivity index (χ0) is 21.7. The van der Waals surface area contributed by atoms with Crippen LogP contribution in [0.4, 0.5) is 0 Å². The van der Waals surface area contributed by atoms with Gasteiger partial charge in [-0.1, -0.05) is 59.6 Å². The van der Waals surface area contributed by atoms with Crippen LogP contribution in [0.15, 0.2) is 60.7 Å². The summed E-state index contributed by atoms with van der Waals surface area (Å²) in [7, 11) is 1.51. The quantitative estimate of drug-likeness (QED) is 0.575. The first kappa shape index (κ1) is 21.3. The van der Waals surface area contributed by atoms with E-state index < -0.39 is 17.9 Å². The zero-order valence-electron chi connectivity index (χ0n) is 16.6. The maximum atomic E-state index is 12.9. The summed E-state index contributed by atoms with van der Waals surface area (Å²) in [6.45, 7) is 1.94. The molecule has 6 nitrogen and oxygen atoms in total. The minimum atomic E-state index is -1.01. The molecule has 1 amide bonds. The van der Waals surface area contributed by atoms with E-state index in [4.69, 9.17) is 16.3 Å². The van der Waals surface area contributed by atoms with Crippen LogP contribution in [0.1, 0.15) is 34.1 Å². The van der Waals surface area contributed by atoms with Crippen molar-refractivity contribution in [1.29, 1.82) is 0 Å². The molecule has 0 saturated carbocycles. The average molecular weight is 425 g/mol. The monoisotopic (exact) mass is 424 g/mol. The normalized spacial score (nSPS) is 11.6. The van der Waals surface area contributed by atoms with E-state index in [1.54, 1.807) is 36.4 Å². The van der Waals surface area contributed by atoms with Crippen LogP contribution in [0.5, 0.6) is 5.75 Å². The maximum absolute atomic E-state index is 12.9. The number of carboxylic acid groups (broad SMARTS) is 1. The lowest BCUT2D eigenvalue weighted by atomic mass is 10.0. The van der Waals surface area contributed by atoms with Gasteiger partial charge in [0, 0.05) is 5.56 Å². The molecule has 0 unspecified atom stereocenters. The number of carbonyl (C=O) groups is 2. The molecule has 154 valence electrons.